The predicted molar refractivity (Wildman–Crippen MR) is 95.3 cm³/mol. The van der Waals surface area contributed by atoms with E-state index in [1.165, 1.54) is 6.08 Å². The Labute approximate surface area is 145 Å². The number of amides is 2. The molecule has 1 N–H and O–H groups in total. The third-order valence-electron chi connectivity index (χ3n) is 3.41. The van der Waals surface area contributed by atoms with Crippen molar-refractivity contribution in [1.29, 1.82) is 0 Å². The normalized spacial score (nSPS) is 12.0. The minimum atomic E-state index is -0.559. The summed E-state index contributed by atoms with van der Waals surface area (Å²) < 4.78 is 6.14. The number of carbonyl (C=O) groups is 2. The highest BCUT2D eigenvalue weighted by atomic mass is 79.9. The fourth-order valence-corrected chi connectivity index (χ4v) is 2.51. The Morgan fingerprint density at radius 3 is 2.57 bits per heavy atom. The van der Waals surface area contributed by atoms with Crippen LogP contribution in [0.2, 0.25) is 0 Å². The highest BCUT2D eigenvalue weighted by molar-refractivity contribution is 9.10. The van der Waals surface area contributed by atoms with E-state index in [0.717, 1.165) is 10.0 Å². The maximum Gasteiger partial charge on any atom is 0.244 e. The molecule has 5 nitrogen and oxygen atoms in total. The van der Waals surface area contributed by atoms with Gasteiger partial charge in [-0.05, 0) is 45.0 Å². The summed E-state index contributed by atoms with van der Waals surface area (Å²) in [6, 6.07) is 4.97. The van der Waals surface area contributed by atoms with Gasteiger partial charge in [0.2, 0.25) is 11.8 Å². The van der Waals surface area contributed by atoms with Crippen molar-refractivity contribution in [3.05, 3.63) is 34.3 Å². The molecule has 0 spiro atoms. The number of nitrogens with one attached hydrogen (secondary N) is 1. The van der Waals surface area contributed by atoms with Gasteiger partial charge in [-0.3, -0.25) is 9.59 Å². The van der Waals surface area contributed by atoms with Gasteiger partial charge in [-0.15, -0.1) is 0 Å². The lowest BCUT2D eigenvalue weighted by Gasteiger charge is -2.23. The first-order valence-electron chi connectivity index (χ1n) is 7.53. The van der Waals surface area contributed by atoms with Crippen LogP contribution in [0.5, 0.6) is 5.75 Å². The first kappa shape index (κ1) is 19.2. The van der Waals surface area contributed by atoms with E-state index in [1.807, 2.05) is 32.0 Å². The number of rotatable bonds is 7. The first-order chi connectivity index (χ1) is 10.9. The molecule has 0 fully saturated rings. The van der Waals surface area contributed by atoms with Crippen LogP contribution in [0.1, 0.15) is 26.3 Å². The van der Waals surface area contributed by atoms with Gasteiger partial charge in [-0.25, -0.2) is 0 Å². The van der Waals surface area contributed by atoms with Crippen LogP contribution >= 0.6 is 15.9 Å². The number of hydrogen-bond acceptors (Lipinski definition) is 3. The molecule has 1 aromatic carbocycles. The van der Waals surface area contributed by atoms with Crippen LogP contribution in [0.4, 0.5) is 0 Å². The second-order valence-corrected chi connectivity index (χ2v) is 5.88. The minimum absolute atomic E-state index is 0.0863. The zero-order valence-corrected chi connectivity index (χ0v) is 15.5. The van der Waals surface area contributed by atoms with Crippen LogP contribution in [-0.2, 0) is 9.59 Å². The molecule has 126 valence electrons. The maximum atomic E-state index is 12.1. The molecule has 0 aliphatic heterocycles. The Bertz CT molecular complexity index is 583. The largest absolute Gasteiger partial charge is 0.496 e. The van der Waals surface area contributed by atoms with Gasteiger partial charge in [-0.2, -0.15) is 0 Å². The number of halogens is 1. The third-order valence-corrected chi connectivity index (χ3v) is 3.90. The monoisotopic (exact) mass is 382 g/mol. The zero-order chi connectivity index (χ0) is 17.4. The van der Waals surface area contributed by atoms with Gasteiger partial charge in [0, 0.05) is 29.2 Å². The molecule has 0 aliphatic carbocycles. The maximum absolute atomic E-state index is 12.1. The van der Waals surface area contributed by atoms with Gasteiger partial charge in [-0.1, -0.05) is 15.9 Å². The second-order valence-electron chi connectivity index (χ2n) is 4.96. The Morgan fingerprint density at radius 1 is 1.35 bits per heavy atom. The van der Waals surface area contributed by atoms with E-state index in [4.69, 9.17) is 4.74 Å². The molecule has 0 saturated carbocycles. The van der Waals surface area contributed by atoms with Crippen molar-refractivity contribution in [2.75, 3.05) is 20.2 Å². The highest BCUT2D eigenvalue weighted by Gasteiger charge is 2.18. The summed E-state index contributed by atoms with van der Waals surface area (Å²) in [5.41, 5.74) is 0.778. The van der Waals surface area contributed by atoms with Gasteiger partial charge in [0.1, 0.15) is 11.8 Å². The lowest BCUT2D eigenvalue weighted by molar-refractivity contribution is -0.134. The van der Waals surface area contributed by atoms with E-state index in [9.17, 15) is 9.59 Å². The first-order valence-corrected chi connectivity index (χ1v) is 8.33. The quantitative estimate of drug-likeness (QED) is 0.737. The van der Waals surface area contributed by atoms with Gasteiger partial charge >= 0.3 is 0 Å². The summed E-state index contributed by atoms with van der Waals surface area (Å²) in [5, 5.41) is 2.68. The van der Waals surface area contributed by atoms with E-state index >= 15 is 0 Å². The lowest BCUT2D eigenvalue weighted by atomic mass is 10.2. The molecule has 0 heterocycles. The van der Waals surface area contributed by atoms with Crippen LogP contribution < -0.4 is 10.1 Å². The average Bonchev–Trinajstić information content (AvgIpc) is 2.54. The molecule has 0 radical (unpaired) electrons. The van der Waals surface area contributed by atoms with Gasteiger partial charge in [0.25, 0.3) is 0 Å². The number of carbonyl (C=O) groups excluding carboxylic acids is 2. The Kier molecular flexibility index (Phi) is 7.81. The minimum Gasteiger partial charge on any atom is -0.496 e. The fraction of sp³-hybridized carbons (Fsp3) is 0.412. The Hall–Kier alpha value is -1.82. The highest BCUT2D eigenvalue weighted by Crippen LogP contribution is 2.23. The lowest BCUT2D eigenvalue weighted by Crippen LogP contribution is -2.46. The van der Waals surface area contributed by atoms with Crippen molar-refractivity contribution >= 4 is 33.8 Å². The van der Waals surface area contributed by atoms with E-state index in [1.54, 1.807) is 25.0 Å². The number of ether oxygens (including phenoxy) is 1. The molecule has 1 rings (SSSR count). The summed E-state index contributed by atoms with van der Waals surface area (Å²) in [7, 11) is 1.57. The summed E-state index contributed by atoms with van der Waals surface area (Å²) >= 11 is 3.38. The molecule has 0 aromatic heterocycles. The summed E-state index contributed by atoms with van der Waals surface area (Å²) in [6.45, 7) is 6.76. The molecule has 23 heavy (non-hydrogen) atoms. The Balaban J connectivity index is 2.73. The van der Waals surface area contributed by atoms with Crippen molar-refractivity contribution in [3.63, 3.8) is 0 Å². The van der Waals surface area contributed by atoms with E-state index in [-0.39, 0.29) is 11.8 Å². The number of likely N-dealkylation sites (N-methyl/N-ethyl adjacent to an activating group) is 1. The van der Waals surface area contributed by atoms with Gasteiger partial charge in [0.05, 0.1) is 7.11 Å². The number of hydrogen-bond donors (Lipinski definition) is 1. The van der Waals surface area contributed by atoms with Crippen LogP contribution in [0.3, 0.4) is 0 Å². The standard InChI is InChI=1S/C17H23BrN2O3/c1-5-20(6-2)17(22)12(3)19-16(21)10-7-13-11-14(18)8-9-15(13)23-4/h7-12H,5-6H2,1-4H3,(H,19,21). The zero-order valence-electron chi connectivity index (χ0n) is 13.9. The predicted octanol–water partition coefficient (Wildman–Crippen LogP) is 2.84. The van der Waals surface area contributed by atoms with Crippen LogP contribution in [0, 0.1) is 0 Å². The summed E-state index contributed by atoms with van der Waals surface area (Å²) in [5.74, 6) is 0.265. The molecular weight excluding hydrogens is 360 g/mol. The molecular formula is C17H23BrN2O3. The number of methoxy groups -OCH3 is 1. The van der Waals surface area contributed by atoms with E-state index in [2.05, 4.69) is 21.2 Å². The van der Waals surface area contributed by atoms with Crippen LogP contribution in [0.25, 0.3) is 6.08 Å². The average molecular weight is 383 g/mol. The summed E-state index contributed by atoms with van der Waals surface area (Å²) in [4.78, 5) is 25.8. The Morgan fingerprint density at radius 2 is 2.00 bits per heavy atom. The van der Waals surface area contributed by atoms with Crippen molar-refractivity contribution in [1.82, 2.24) is 10.2 Å². The molecule has 2 amide bonds. The van der Waals surface area contributed by atoms with Crippen molar-refractivity contribution < 1.29 is 14.3 Å². The van der Waals surface area contributed by atoms with Crippen LogP contribution in [-0.4, -0.2) is 43.0 Å². The number of benzene rings is 1. The van der Waals surface area contributed by atoms with Gasteiger partial charge in [0.15, 0.2) is 0 Å². The molecule has 0 saturated heterocycles. The van der Waals surface area contributed by atoms with E-state index < -0.39 is 6.04 Å². The molecule has 1 aromatic rings. The van der Waals surface area contributed by atoms with Crippen molar-refractivity contribution in [2.45, 2.75) is 26.8 Å². The smallest absolute Gasteiger partial charge is 0.244 e. The molecule has 0 aliphatic rings. The van der Waals surface area contributed by atoms with E-state index in [0.29, 0.717) is 18.8 Å². The fourth-order valence-electron chi connectivity index (χ4n) is 2.13. The molecule has 6 heteroatoms. The van der Waals surface area contributed by atoms with Crippen molar-refractivity contribution in [2.24, 2.45) is 0 Å². The molecule has 1 atom stereocenters. The third kappa shape index (κ3) is 5.71. The SMILES string of the molecule is CCN(CC)C(=O)C(C)NC(=O)C=Cc1cc(Br)ccc1OC. The van der Waals surface area contributed by atoms with Crippen molar-refractivity contribution in [3.8, 4) is 5.75 Å². The second kappa shape index (κ2) is 9.35. The van der Waals surface area contributed by atoms with Gasteiger partial charge < -0.3 is 15.0 Å². The van der Waals surface area contributed by atoms with Crippen LogP contribution in [0.15, 0.2) is 28.7 Å². The molecule has 1 unspecified atom stereocenters. The number of nitrogens with zero attached hydrogens (tertiary/aromatic N) is 1. The summed E-state index contributed by atoms with van der Waals surface area (Å²) in [6.07, 6.45) is 3.06. The topological polar surface area (TPSA) is 58.6 Å². The molecule has 0 bridgehead atoms.